The summed E-state index contributed by atoms with van der Waals surface area (Å²) in [5.41, 5.74) is 1.31. The largest absolute Gasteiger partial charge is 0.497 e. The van der Waals surface area contributed by atoms with Gasteiger partial charge in [-0.25, -0.2) is 9.98 Å². The van der Waals surface area contributed by atoms with Crippen molar-refractivity contribution in [1.29, 1.82) is 0 Å². The van der Waals surface area contributed by atoms with E-state index >= 15 is 0 Å². The Hall–Kier alpha value is -2.11. The minimum Gasteiger partial charge on any atom is -0.497 e. The van der Waals surface area contributed by atoms with Gasteiger partial charge in [0, 0.05) is 12.1 Å². The van der Waals surface area contributed by atoms with Crippen LogP contribution in [0.4, 0.5) is 8.78 Å². The molecule has 2 aromatic rings. The fourth-order valence-corrected chi connectivity index (χ4v) is 2.30. The van der Waals surface area contributed by atoms with Gasteiger partial charge in [0.25, 0.3) is 0 Å². The Balaban J connectivity index is 0.00000392. The number of nitrogens with one attached hydrogen (secondary N) is 2. The monoisotopic (exact) mass is 510 g/mol. The lowest BCUT2D eigenvalue weighted by molar-refractivity contribution is -0.0504. The number of benzene rings is 1. The Morgan fingerprint density at radius 3 is 2.61 bits per heavy atom. The molecule has 1 aromatic carbocycles. The lowest BCUT2D eigenvalue weighted by Gasteiger charge is -2.13. The van der Waals surface area contributed by atoms with Crippen molar-refractivity contribution in [3.63, 3.8) is 0 Å². The predicted molar refractivity (Wildman–Crippen MR) is 113 cm³/mol. The van der Waals surface area contributed by atoms with Crippen molar-refractivity contribution in [2.24, 2.45) is 4.99 Å². The van der Waals surface area contributed by atoms with Crippen LogP contribution < -0.4 is 20.1 Å². The summed E-state index contributed by atoms with van der Waals surface area (Å²) in [5.74, 6) is 2.39. The number of rotatable bonds is 8. The van der Waals surface area contributed by atoms with E-state index in [1.54, 1.807) is 12.1 Å². The second-order valence-corrected chi connectivity index (χ2v) is 5.65. The van der Waals surface area contributed by atoms with E-state index in [1.165, 1.54) is 13.2 Å². The lowest BCUT2D eigenvalue weighted by atomic mass is 10.2. The van der Waals surface area contributed by atoms with E-state index < -0.39 is 6.61 Å². The Kier molecular flexibility index (Phi) is 9.97. The molecular formula is C18H25F2IN4O3. The minimum atomic E-state index is -2.91. The molecule has 0 aliphatic heterocycles. The molecule has 0 saturated heterocycles. The van der Waals surface area contributed by atoms with Crippen LogP contribution >= 0.6 is 24.0 Å². The van der Waals surface area contributed by atoms with E-state index in [-0.39, 0.29) is 36.3 Å². The van der Waals surface area contributed by atoms with Gasteiger partial charge in [0.05, 0.1) is 25.9 Å². The molecule has 2 rings (SSSR count). The van der Waals surface area contributed by atoms with Gasteiger partial charge in [-0.3, -0.25) is 0 Å². The number of alkyl halides is 2. The molecule has 0 bridgehead atoms. The molecule has 0 radical (unpaired) electrons. The maximum atomic E-state index is 12.6. The van der Waals surface area contributed by atoms with Gasteiger partial charge in [-0.1, -0.05) is 0 Å². The summed E-state index contributed by atoms with van der Waals surface area (Å²) in [5, 5.41) is 6.18. The van der Waals surface area contributed by atoms with Crippen molar-refractivity contribution in [3.8, 4) is 11.5 Å². The number of nitrogens with zero attached hydrogens (tertiary/aromatic N) is 2. The SMILES string of the molecule is CCNC(=NCc1cc(OC)ccc1OC(F)F)NCc1nc(C)c(C)o1.I. The molecule has 1 aromatic heterocycles. The molecule has 0 spiro atoms. The Morgan fingerprint density at radius 1 is 1.29 bits per heavy atom. The van der Waals surface area contributed by atoms with Crippen LogP contribution in [-0.2, 0) is 13.1 Å². The zero-order chi connectivity index (χ0) is 19.8. The normalized spacial score (nSPS) is 11.2. The number of methoxy groups -OCH3 is 1. The number of aryl methyl sites for hydroxylation is 2. The first-order valence-electron chi connectivity index (χ1n) is 8.49. The van der Waals surface area contributed by atoms with Gasteiger partial charge in [-0.2, -0.15) is 8.78 Å². The topological polar surface area (TPSA) is 80.9 Å². The first kappa shape index (κ1) is 23.9. The smallest absolute Gasteiger partial charge is 0.387 e. The molecule has 0 unspecified atom stereocenters. The molecule has 0 amide bonds. The quantitative estimate of drug-likeness (QED) is 0.320. The van der Waals surface area contributed by atoms with Crippen LogP contribution in [0.25, 0.3) is 0 Å². The summed E-state index contributed by atoms with van der Waals surface area (Å²) in [4.78, 5) is 8.71. The maximum Gasteiger partial charge on any atom is 0.387 e. The first-order chi connectivity index (χ1) is 12.9. The number of aromatic nitrogens is 1. The van der Waals surface area contributed by atoms with E-state index in [0.717, 1.165) is 11.5 Å². The number of aliphatic imine (C=N–C) groups is 1. The van der Waals surface area contributed by atoms with Crippen molar-refractivity contribution in [3.05, 3.63) is 41.1 Å². The zero-order valence-corrected chi connectivity index (χ0v) is 18.5. The van der Waals surface area contributed by atoms with Crippen LogP contribution in [0.3, 0.4) is 0 Å². The van der Waals surface area contributed by atoms with Crippen LogP contribution in [0.1, 0.15) is 29.8 Å². The number of guanidine groups is 1. The van der Waals surface area contributed by atoms with Crippen molar-refractivity contribution >= 4 is 29.9 Å². The fourth-order valence-electron chi connectivity index (χ4n) is 2.30. The van der Waals surface area contributed by atoms with Crippen molar-refractivity contribution in [2.45, 2.75) is 40.5 Å². The van der Waals surface area contributed by atoms with Crippen molar-refractivity contribution < 1.29 is 22.7 Å². The van der Waals surface area contributed by atoms with Gasteiger partial charge >= 0.3 is 6.61 Å². The summed E-state index contributed by atoms with van der Waals surface area (Å²) in [6.07, 6.45) is 0. The minimum absolute atomic E-state index is 0. The van der Waals surface area contributed by atoms with Gasteiger partial charge in [0.2, 0.25) is 5.89 Å². The maximum absolute atomic E-state index is 12.6. The molecule has 28 heavy (non-hydrogen) atoms. The highest BCUT2D eigenvalue weighted by Crippen LogP contribution is 2.26. The van der Waals surface area contributed by atoms with Crippen LogP contribution in [0.15, 0.2) is 27.6 Å². The Labute approximate surface area is 179 Å². The number of hydrogen-bond donors (Lipinski definition) is 2. The molecule has 0 aliphatic carbocycles. The van der Waals surface area contributed by atoms with Crippen LogP contribution in [0, 0.1) is 13.8 Å². The summed E-state index contributed by atoms with van der Waals surface area (Å²) in [7, 11) is 1.50. The standard InChI is InChI=1S/C18H24F2N4O3.HI/c1-5-21-18(23-10-16-24-11(2)12(3)26-16)22-9-13-8-14(25-4)6-7-15(13)27-17(19)20;/h6-8,17H,5,9-10H2,1-4H3,(H2,21,22,23);1H. The third kappa shape index (κ3) is 7.13. The Morgan fingerprint density at radius 2 is 2.04 bits per heavy atom. The summed E-state index contributed by atoms with van der Waals surface area (Å²) in [6.45, 7) is 3.83. The van der Waals surface area contributed by atoms with Crippen molar-refractivity contribution in [2.75, 3.05) is 13.7 Å². The fraction of sp³-hybridized carbons (Fsp3) is 0.444. The van der Waals surface area contributed by atoms with Crippen LogP contribution in [0.2, 0.25) is 0 Å². The second-order valence-electron chi connectivity index (χ2n) is 5.65. The highest BCUT2D eigenvalue weighted by molar-refractivity contribution is 14.0. The predicted octanol–water partition coefficient (Wildman–Crippen LogP) is 3.77. The molecule has 7 nitrogen and oxygen atoms in total. The third-order valence-electron chi connectivity index (χ3n) is 3.72. The van der Waals surface area contributed by atoms with Gasteiger partial charge in [-0.05, 0) is 39.0 Å². The molecular weight excluding hydrogens is 485 g/mol. The average molecular weight is 510 g/mol. The van der Waals surface area contributed by atoms with E-state index in [0.29, 0.717) is 36.3 Å². The first-order valence-corrected chi connectivity index (χ1v) is 8.49. The molecule has 10 heteroatoms. The van der Waals surface area contributed by atoms with E-state index in [2.05, 4.69) is 25.3 Å². The molecule has 156 valence electrons. The molecule has 2 N–H and O–H groups in total. The van der Waals surface area contributed by atoms with Gasteiger partial charge in [0.15, 0.2) is 5.96 Å². The highest BCUT2D eigenvalue weighted by Gasteiger charge is 2.12. The van der Waals surface area contributed by atoms with Gasteiger partial charge in [0.1, 0.15) is 17.3 Å². The third-order valence-corrected chi connectivity index (χ3v) is 3.72. The summed E-state index contributed by atoms with van der Waals surface area (Å²) in [6, 6.07) is 4.61. The molecule has 0 saturated carbocycles. The summed E-state index contributed by atoms with van der Waals surface area (Å²) < 4.78 is 40.5. The van der Waals surface area contributed by atoms with Crippen molar-refractivity contribution in [1.82, 2.24) is 15.6 Å². The average Bonchev–Trinajstić information content (AvgIpc) is 2.95. The molecule has 0 atom stereocenters. The molecule has 1 heterocycles. The highest BCUT2D eigenvalue weighted by atomic mass is 127. The van der Waals surface area contributed by atoms with E-state index in [9.17, 15) is 8.78 Å². The van der Waals surface area contributed by atoms with E-state index in [1.807, 2.05) is 20.8 Å². The van der Waals surface area contributed by atoms with Gasteiger partial charge in [-0.15, -0.1) is 24.0 Å². The summed E-state index contributed by atoms with van der Waals surface area (Å²) >= 11 is 0. The van der Waals surface area contributed by atoms with Crippen LogP contribution in [0.5, 0.6) is 11.5 Å². The van der Waals surface area contributed by atoms with Gasteiger partial charge < -0.3 is 24.5 Å². The lowest BCUT2D eigenvalue weighted by Crippen LogP contribution is -2.36. The number of hydrogen-bond acceptors (Lipinski definition) is 5. The Bertz CT molecular complexity index is 765. The number of ether oxygens (including phenoxy) is 2. The van der Waals surface area contributed by atoms with Crippen LogP contribution in [-0.4, -0.2) is 31.2 Å². The number of oxazole rings is 1. The zero-order valence-electron chi connectivity index (χ0n) is 16.2. The second kappa shape index (κ2) is 11.7. The number of halogens is 3. The molecule has 0 aliphatic rings. The molecule has 0 fully saturated rings. The van der Waals surface area contributed by atoms with E-state index in [4.69, 9.17) is 9.15 Å².